The molecule has 0 bridgehead atoms. The number of rotatable bonds is 2. The Labute approximate surface area is 140 Å². The molecule has 2 aromatic rings. The number of carbonyl (C=O) groups is 2. The quantitative estimate of drug-likeness (QED) is 0.840. The van der Waals surface area contributed by atoms with Gasteiger partial charge in [0.2, 0.25) is 0 Å². The molecule has 1 aliphatic rings. The molecule has 6 nitrogen and oxygen atoms in total. The van der Waals surface area contributed by atoms with Crippen molar-refractivity contribution < 1.29 is 27.5 Å². The van der Waals surface area contributed by atoms with E-state index in [4.69, 9.17) is 4.74 Å². The Hall–Kier alpha value is -2.84. The van der Waals surface area contributed by atoms with Gasteiger partial charge in [-0.3, -0.25) is 4.79 Å². The SMILES string of the molecule is COC(=O)C1Cc2nc[nH]c2CN1C(=O)c1ccc(C(F)(F)F)cc1. The third-order valence-electron chi connectivity index (χ3n) is 4.09. The van der Waals surface area contributed by atoms with Crippen molar-refractivity contribution in [1.82, 2.24) is 14.9 Å². The second-order valence-electron chi connectivity index (χ2n) is 5.58. The van der Waals surface area contributed by atoms with Gasteiger partial charge in [-0.1, -0.05) is 0 Å². The molecule has 132 valence electrons. The molecule has 1 unspecified atom stereocenters. The van der Waals surface area contributed by atoms with Crippen LogP contribution in [-0.4, -0.2) is 39.9 Å². The maximum absolute atomic E-state index is 12.7. The fourth-order valence-corrected chi connectivity index (χ4v) is 2.76. The van der Waals surface area contributed by atoms with E-state index in [1.165, 1.54) is 18.3 Å². The van der Waals surface area contributed by atoms with Gasteiger partial charge in [-0.05, 0) is 24.3 Å². The molecule has 1 aliphatic heterocycles. The zero-order valence-corrected chi connectivity index (χ0v) is 13.1. The van der Waals surface area contributed by atoms with Crippen molar-refractivity contribution in [3.8, 4) is 0 Å². The number of aromatic nitrogens is 2. The van der Waals surface area contributed by atoms with E-state index in [0.29, 0.717) is 11.4 Å². The van der Waals surface area contributed by atoms with Crippen LogP contribution in [0.3, 0.4) is 0 Å². The lowest BCUT2D eigenvalue weighted by atomic mass is 10.0. The molecule has 1 amide bonds. The Kier molecular flexibility index (Phi) is 4.23. The summed E-state index contributed by atoms with van der Waals surface area (Å²) < 4.78 is 42.7. The summed E-state index contributed by atoms with van der Waals surface area (Å²) >= 11 is 0. The van der Waals surface area contributed by atoms with E-state index in [1.807, 2.05) is 0 Å². The molecule has 9 heteroatoms. The van der Waals surface area contributed by atoms with Crippen LogP contribution in [0.5, 0.6) is 0 Å². The van der Waals surface area contributed by atoms with E-state index < -0.39 is 29.7 Å². The predicted octanol–water partition coefficient (Wildman–Crippen LogP) is 2.17. The second kappa shape index (κ2) is 6.23. The Morgan fingerprint density at radius 1 is 1.28 bits per heavy atom. The summed E-state index contributed by atoms with van der Waals surface area (Å²) in [6, 6.07) is 3.00. The lowest BCUT2D eigenvalue weighted by Gasteiger charge is -2.33. The van der Waals surface area contributed by atoms with Crippen LogP contribution in [-0.2, 0) is 28.7 Å². The maximum Gasteiger partial charge on any atom is 0.416 e. The summed E-state index contributed by atoms with van der Waals surface area (Å²) in [6.45, 7) is 0.0922. The number of halogens is 3. The number of nitrogens with one attached hydrogen (secondary N) is 1. The summed E-state index contributed by atoms with van der Waals surface area (Å²) in [5.41, 5.74) is 0.556. The van der Waals surface area contributed by atoms with E-state index in [2.05, 4.69) is 9.97 Å². The molecule has 25 heavy (non-hydrogen) atoms. The minimum absolute atomic E-state index is 0.0601. The summed E-state index contributed by atoms with van der Waals surface area (Å²) in [4.78, 5) is 33.0. The lowest BCUT2D eigenvalue weighted by Crippen LogP contribution is -2.49. The average molecular weight is 353 g/mol. The van der Waals surface area contributed by atoms with Crippen molar-refractivity contribution >= 4 is 11.9 Å². The number of hydrogen-bond acceptors (Lipinski definition) is 4. The standard InChI is InChI=1S/C16H14F3N3O3/c1-25-15(24)13-6-11-12(21-8-20-11)7-22(13)14(23)9-2-4-10(5-3-9)16(17,18)19/h2-5,8,13H,6-7H2,1H3,(H,20,21). The Morgan fingerprint density at radius 3 is 2.56 bits per heavy atom. The van der Waals surface area contributed by atoms with Crippen LogP contribution in [0.1, 0.15) is 27.3 Å². The summed E-state index contributed by atoms with van der Waals surface area (Å²) in [7, 11) is 1.21. The van der Waals surface area contributed by atoms with Gasteiger partial charge in [0, 0.05) is 12.0 Å². The van der Waals surface area contributed by atoms with Crippen LogP contribution in [0.2, 0.25) is 0 Å². The summed E-state index contributed by atoms with van der Waals surface area (Å²) in [5.74, 6) is -1.15. The van der Waals surface area contributed by atoms with E-state index in [0.717, 1.165) is 24.3 Å². The minimum atomic E-state index is -4.48. The van der Waals surface area contributed by atoms with Gasteiger partial charge in [-0.15, -0.1) is 0 Å². The highest BCUT2D eigenvalue weighted by Gasteiger charge is 2.37. The molecule has 1 aromatic carbocycles. The number of amides is 1. The molecule has 1 atom stereocenters. The van der Waals surface area contributed by atoms with Crippen LogP contribution in [0, 0.1) is 0 Å². The first-order valence-electron chi connectivity index (χ1n) is 7.38. The van der Waals surface area contributed by atoms with Gasteiger partial charge in [-0.25, -0.2) is 9.78 Å². The van der Waals surface area contributed by atoms with E-state index in [-0.39, 0.29) is 18.5 Å². The first-order valence-corrected chi connectivity index (χ1v) is 7.38. The van der Waals surface area contributed by atoms with Crippen LogP contribution in [0.15, 0.2) is 30.6 Å². The lowest BCUT2D eigenvalue weighted by molar-refractivity contribution is -0.146. The zero-order valence-electron chi connectivity index (χ0n) is 13.1. The average Bonchev–Trinajstić information content (AvgIpc) is 3.06. The Morgan fingerprint density at radius 2 is 1.96 bits per heavy atom. The first kappa shape index (κ1) is 17.0. The largest absolute Gasteiger partial charge is 0.467 e. The van der Waals surface area contributed by atoms with Crippen molar-refractivity contribution in [2.24, 2.45) is 0 Å². The molecule has 1 aromatic heterocycles. The summed E-state index contributed by atoms with van der Waals surface area (Å²) in [6.07, 6.45) is -2.84. The van der Waals surface area contributed by atoms with Crippen LogP contribution >= 0.6 is 0 Å². The van der Waals surface area contributed by atoms with Crippen molar-refractivity contribution in [2.75, 3.05) is 7.11 Å². The molecule has 0 saturated heterocycles. The number of hydrogen-bond donors (Lipinski definition) is 1. The van der Waals surface area contributed by atoms with Gasteiger partial charge in [-0.2, -0.15) is 13.2 Å². The number of imidazole rings is 1. The van der Waals surface area contributed by atoms with Gasteiger partial charge >= 0.3 is 12.1 Å². The van der Waals surface area contributed by atoms with Crippen molar-refractivity contribution in [3.63, 3.8) is 0 Å². The number of esters is 1. The fourth-order valence-electron chi connectivity index (χ4n) is 2.76. The number of alkyl halides is 3. The van der Waals surface area contributed by atoms with E-state index in [1.54, 1.807) is 0 Å². The predicted molar refractivity (Wildman–Crippen MR) is 79.4 cm³/mol. The number of fused-ring (bicyclic) bond motifs is 1. The van der Waals surface area contributed by atoms with E-state index >= 15 is 0 Å². The van der Waals surface area contributed by atoms with Gasteiger partial charge in [0.25, 0.3) is 5.91 Å². The van der Waals surface area contributed by atoms with Gasteiger partial charge in [0.05, 0.1) is 36.9 Å². The molecule has 1 N–H and O–H groups in total. The van der Waals surface area contributed by atoms with Gasteiger partial charge in [0.1, 0.15) is 6.04 Å². The highest BCUT2D eigenvalue weighted by atomic mass is 19.4. The smallest absolute Gasteiger partial charge is 0.416 e. The monoisotopic (exact) mass is 353 g/mol. The molecule has 0 fully saturated rings. The molecule has 2 heterocycles. The van der Waals surface area contributed by atoms with Crippen molar-refractivity contribution in [2.45, 2.75) is 25.2 Å². The highest BCUT2D eigenvalue weighted by Crippen LogP contribution is 2.30. The minimum Gasteiger partial charge on any atom is -0.467 e. The van der Waals surface area contributed by atoms with E-state index in [9.17, 15) is 22.8 Å². The number of ether oxygens (including phenoxy) is 1. The zero-order chi connectivity index (χ0) is 18.2. The van der Waals surface area contributed by atoms with Crippen LogP contribution in [0.25, 0.3) is 0 Å². The molecule has 0 spiro atoms. The number of methoxy groups -OCH3 is 1. The molecule has 3 rings (SSSR count). The number of H-pyrrole nitrogens is 1. The van der Waals surface area contributed by atoms with Gasteiger partial charge in [0.15, 0.2) is 0 Å². The maximum atomic E-state index is 12.7. The number of aromatic amines is 1. The Balaban J connectivity index is 1.90. The third kappa shape index (κ3) is 3.21. The normalized spacial score (nSPS) is 17.1. The molecule has 0 saturated carbocycles. The van der Waals surface area contributed by atoms with Crippen molar-refractivity contribution in [1.29, 1.82) is 0 Å². The topological polar surface area (TPSA) is 75.3 Å². The van der Waals surface area contributed by atoms with Crippen LogP contribution < -0.4 is 0 Å². The van der Waals surface area contributed by atoms with Crippen molar-refractivity contribution in [3.05, 3.63) is 53.1 Å². The third-order valence-corrected chi connectivity index (χ3v) is 4.09. The molecular formula is C16H14F3N3O3. The molecule has 0 aliphatic carbocycles. The highest BCUT2D eigenvalue weighted by molar-refractivity contribution is 5.97. The molecular weight excluding hydrogens is 339 g/mol. The second-order valence-corrected chi connectivity index (χ2v) is 5.58. The van der Waals surface area contributed by atoms with Crippen LogP contribution in [0.4, 0.5) is 13.2 Å². The number of carbonyl (C=O) groups excluding carboxylic acids is 2. The Bertz CT molecular complexity index is 799. The summed E-state index contributed by atoms with van der Waals surface area (Å²) in [5, 5.41) is 0. The molecule has 0 radical (unpaired) electrons. The fraction of sp³-hybridized carbons (Fsp3) is 0.312. The first-order chi connectivity index (χ1) is 11.8. The number of nitrogens with zero attached hydrogens (tertiary/aromatic N) is 2. The van der Waals surface area contributed by atoms with Gasteiger partial charge < -0.3 is 14.6 Å². The number of benzene rings is 1.